The van der Waals surface area contributed by atoms with E-state index in [4.69, 9.17) is 0 Å². The normalized spacial score (nSPS) is 17.2. The predicted octanol–water partition coefficient (Wildman–Crippen LogP) is 5.37. The Bertz CT molecular complexity index is 1120. The molecule has 32 heavy (non-hydrogen) atoms. The topological polar surface area (TPSA) is 56.8 Å². The summed E-state index contributed by atoms with van der Waals surface area (Å²) in [5.74, 6) is 0.653. The molecule has 2 N–H and O–H groups in total. The predicted molar refractivity (Wildman–Crippen MR) is 114 cm³/mol. The third kappa shape index (κ3) is 3.91. The summed E-state index contributed by atoms with van der Waals surface area (Å²) < 4.78 is 52.7. The molecule has 1 aromatic carbocycles. The minimum atomic E-state index is -4.74. The molecule has 2 aliphatic heterocycles. The molecular formula is C23H23F4N5. The zero-order valence-electron chi connectivity index (χ0n) is 17.3. The van der Waals surface area contributed by atoms with Gasteiger partial charge in [-0.1, -0.05) is 0 Å². The second kappa shape index (κ2) is 8.11. The number of hydrogen-bond donors (Lipinski definition) is 2. The maximum Gasteiger partial charge on any atom is 0.419 e. The molecule has 168 valence electrons. The Balaban J connectivity index is 1.30. The van der Waals surface area contributed by atoms with Crippen molar-refractivity contribution >= 4 is 11.5 Å². The lowest BCUT2D eigenvalue weighted by molar-refractivity contribution is -0.139. The van der Waals surface area contributed by atoms with Gasteiger partial charge in [-0.3, -0.25) is 0 Å². The van der Waals surface area contributed by atoms with Crippen molar-refractivity contribution < 1.29 is 17.6 Å². The molecule has 0 bridgehead atoms. The molecule has 0 saturated carbocycles. The number of aromatic amines is 1. The number of benzene rings is 1. The van der Waals surface area contributed by atoms with Gasteiger partial charge in [-0.15, -0.1) is 0 Å². The summed E-state index contributed by atoms with van der Waals surface area (Å²) in [6.07, 6.45) is 2.51. The van der Waals surface area contributed by atoms with Crippen LogP contribution in [0.2, 0.25) is 0 Å². The van der Waals surface area contributed by atoms with Gasteiger partial charge in [-0.05, 0) is 49.9 Å². The van der Waals surface area contributed by atoms with Gasteiger partial charge in [0.05, 0.1) is 17.5 Å². The van der Waals surface area contributed by atoms with Gasteiger partial charge in [-0.2, -0.15) is 13.2 Å². The summed E-state index contributed by atoms with van der Waals surface area (Å²) in [6.45, 7) is 2.68. The number of nitrogens with zero attached hydrogens (tertiary/aromatic N) is 3. The number of anilines is 2. The summed E-state index contributed by atoms with van der Waals surface area (Å²) in [7, 11) is 0. The average Bonchev–Trinajstić information content (AvgIpc) is 3.29. The van der Waals surface area contributed by atoms with Gasteiger partial charge < -0.3 is 15.2 Å². The van der Waals surface area contributed by atoms with Crippen LogP contribution < -0.4 is 10.2 Å². The van der Waals surface area contributed by atoms with Gasteiger partial charge in [0.15, 0.2) is 0 Å². The average molecular weight is 445 g/mol. The lowest BCUT2D eigenvalue weighted by Crippen LogP contribution is -2.34. The maximum atomic E-state index is 13.6. The second-order valence-corrected chi connectivity index (χ2v) is 8.32. The molecule has 5 rings (SSSR count). The molecule has 3 aromatic rings. The van der Waals surface area contributed by atoms with Crippen LogP contribution in [0.15, 0.2) is 36.7 Å². The van der Waals surface area contributed by atoms with E-state index in [2.05, 4.69) is 31.2 Å². The molecule has 2 aromatic heterocycles. The van der Waals surface area contributed by atoms with E-state index in [-0.39, 0.29) is 11.5 Å². The van der Waals surface area contributed by atoms with Crippen molar-refractivity contribution in [2.75, 3.05) is 29.9 Å². The monoisotopic (exact) mass is 445 g/mol. The molecule has 0 radical (unpaired) electrons. The molecule has 0 unspecified atom stereocenters. The first-order valence-corrected chi connectivity index (χ1v) is 10.8. The van der Waals surface area contributed by atoms with Crippen LogP contribution in [0, 0.1) is 5.82 Å². The molecule has 9 heteroatoms. The third-order valence-electron chi connectivity index (χ3n) is 6.33. The highest BCUT2D eigenvalue weighted by molar-refractivity contribution is 5.64. The van der Waals surface area contributed by atoms with Crippen molar-refractivity contribution in [3.63, 3.8) is 0 Å². The summed E-state index contributed by atoms with van der Waals surface area (Å²) in [4.78, 5) is 14.4. The summed E-state index contributed by atoms with van der Waals surface area (Å²) >= 11 is 0. The summed E-state index contributed by atoms with van der Waals surface area (Å²) in [5, 5.41) is 3.37. The SMILES string of the molecule is Fc1ccc(-c2cnc(C3CCN(c4ccnc5c4CCCN5)CC3)[nH]2)cc1C(F)(F)F. The standard InChI is InChI=1S/C23H23F4N5/c24-18-4-3-15(12-17(18)23(25,26)27)19-13-30-21(31-19)14-6-10-32(11-7-14)20-5-9-29-22-16(20)2-1-8-28-22/h3-5,9,12-14H,1-2,6-8,10-11H2,(H,28,29)(H,30,31). The highest BCUT2D eigenvalue weighted by Gasteiger charge is 2.34. The van der Waals surface area contributed by atoms with Crippen molar-refractivity contribution in [1.82, 2.24) is 15.0 Å². The van der Waals surface area contributed by atoms with Crippen molar-refractivity contribution in [2.24, 2.45) is 0 Å². The van der Waals surface area contributed by atoms with E-state index in [0.717, 1.165) is 69.1 Å². The first-order valence-electron chi connectivity index (χ1n) is 10.8. The molecule has 4 heterocycles. The number of rotatable bonds is 3. The number of alkyl halides is 3. The Labute approximate surface area is 182 Å². The first kappa shape index (κ1) is 20.8. The first-order chi connectivity index (χ1) is 15.4. The summed E-state index contributed by atoms with van der Waals surface area (Å²) in [5.41, 5.74) is 1.96. The quantitative estimate of drug-likeness (QED) is 0.532. The fraction of sp³-hybridized carbons (Fsp3) is 0.391. The van der Waals surface area contributed by atoms with Gasteiger partial charge in [-0.25, -0.2) is 14.4 Å². The molecule has 5 nitrogen and oxygen atoms in total. The second-order valence-electron chi connectivity index (χ2n) is 8.32. The van der Waals surface area contributed by atoms with Gasteiger partial charge >= 0.3 is 6.18 Å². The van der Waals surface area contributed by atoms with Gasteiger partial charge in [0.1, 0.15) is 17.5 Å². The van der Waals surface area contributed by atoms with Crippen LogP contribution in [0.25, 0.3) is 11.3 Å². The van der Waals surface area contributed by atoms with Crippen molar-refractivity contribution in [3.8, 4) is 11.3 Å². The number of H-pyrrole nitrogens is 1. The van der Waals surface area contributed by atoms with E-state index in [1.807, 2.05) is 6.20 Å². The summed E-state index contributed by atoms with van der Waals surface area (Å²) in [6, 6.07) is 5.09. The van der Waals surface area contributed by atoms with Gasteiger partial charge in [0, 0.05) is 48.6 Å². The number of imidazole rings is 1. The van der Waals surface area contributed by atoms with Crippen LogP contribution in [-0.4, -0.2) is 34.6 Å². The molecular weight excluding hydrogens is 422 g/mol. The molecule has 1 saturated heterocycles. The van der Waals surface area contributed by atoms with Crippen LogP contribution >= 0.6 is 0 Å². The van der Waals surface area contributed by atoms with Crippen LogP contribution in [0.5, 0.6) is 0 Å². The Morgan fingerprint density at radius 3 is 2.66 bits per heavy atom. The maximum absolute atomic E-state index is 13.6. The number of halogens is 4. The highest BCUT2D eigenvalue weighted by atomic mass is 19.4. The smallest absolute Gasteiger partial charge is 0.371 e. The van der Waals surface area contributed by atoms with Gasteiger partial charge in [0.2, 0.25) is 0 Å². The van der Waals surface area contributed by atoms with E-state index in [1.165, 1.54) is 23.5 Å². The van der Waals surface area contributed by atoms with Crippen LogP contribution in [-0.2, 0) is 12.6 Å². The fourth-order valence-corrected chi connectivity index (χ4v) is 4.64. The number of hydrogen-bond acceptors (Lipinski definition) is 4. The van der Waals surface area contributed by atoms with E-state index in [9.17, 15) is 17.6 Å². The van der Waals surface area contributed by atoms with Crippen molar-refractivity contribution in [2.45, 2.75) is 37.8 Å². The van der Waals surface area contributed by atoms with E-state index >= 15 is 0 Å². The molecule has 1 fully saturated rings. The molecule has 2 aliphatic rings. The van der Waals surface area contributed by atoms with Crippen LogP contribution in [0.1, 0.15) is 42.1 Å². The molecule has 0 atom stereocenters. The number of fused-ring (bicyclic) bond motifs is 1. The Kier molecular flexibility index (Phi) is 5.27. The van der Waals surface area contributed by atoms with Crippen LogP contribution in [0.3, 0.4) is 0 Å². The fourth-order valence-electron chi connectivity index (χ4n) is 4.64. The minimum absolute atomic E-state index is 0.193. The zero-order valence-corrected chi connectivity index (χ0v) is 17.3. The Morgan fingerprint density at radius 2 is 1.88 bits per heavy atom. The van der Waals surface area contributed by atoms with Crippen molar-refractivity contribution in [1.29, 1.82) is 0 Å². The number of pyridine rings is 1. The lowest BCUT2D eigenvalue weighted by atomic mass is 9.94. The highest BCUT2D eigenvalue weighted by Crippen LogP contribution is 2.36. The van der Waals surface area contributed by atoms with E-state index in [1.54, 1.807) is 0 Å². The number of nitrogens with one attached hydrogen (secondary N) is 2. The Hall–Kier alpha value is -3.10. The van der Waals surface area contributed by atoms with E-state index < -0.39 is 17.6 Å². The molecule has 0 aliphatic carbocycles. The Morgan fingerprint density at radius 1 is 1.06 bits per heavy atom. The largest absolute Gasteiger partial charge is 0.419 e. The zero-order chi connectivity index (χ0) is 22.3. The minimum Gasteiger partial charge on any atom is -0.371 e. The van der Waals surface area contributed by atoms with E-state index in [0.29, 0.717) is 5.69 Å². The number of aromatic nitrogens is 3. The lowest BCUT2D eigenvalue weighted by Gasteiger charge is -2.35. The van der Waals surface area contributed by atoms with Gasteiger partial charge in [0.25, 0.3) is 0 Å². The third-order valence-corrected chi connectivity index (χ3v) is 6.33. The molecule has 0 spiro atoms. The van der Waals surface area contributed by atoms with Crippen molar-refractivity contribution in [3.05, 3.63) is 59.4 Å². The number of piperidine rings is 1. The molecule has 0 amide bonds. The van der Waals surface area contributed by atoms with Crippen LogP contribution in [0.4, 0.5) is 29.1 Å².